The van der Waals surface area contributed by atoms with E-state index < -0.39 is 0 Å². The molecule has 6 rings (SSSR count). The molecule has 0 unspecified atom stereocenters. The molecule has 2 aromatic rings. The van der Waals surface area contributed by atoms with Crippen LogP contribution in [0, 0.1) is 17.8 Å². The van der Waals surface area contributed by atoms with E-state index in [4.69, 9.17) is 0 Å². The average molecular weight is 280 g/mol. The molecule has 3 atom stereocenters. The zero-order valence-corrected chi connectivity index (χ0v) is 12.0. The van der Waals surface area contributed by atoms with Crippen molar-refractivity contribution in [1.82, 2.24) is 9.55 Å². The summed E-state index contributed by atoms with van der Waals surface area (Å²) in [5.74, 6) is 1.53. The summed E-state index contributed by atoms with van der Waals surface area (Å²) in [5, 5.41) is 10.9. The van der Waals surface area contributed by atoms with Crippen molar-refractivity contribution >= 4 is 0 Å². The normalized spacial score (nSPS) is 36.5. The Hall–Kier alpha value is -1.61. The first-order valence-electron chi connectivity index (χ1n) is 8.14. The maximum Gasteiger partial charge on any atom is 0.0956 e. The number of benzene rings is 1. The molecule has 1 aliphatic heterocycles. The van der Waals surface area contributed by atoms with Crippen LogP contribution in [0.2, 0.25) is 0 Å². The molecule has 3 saturated carbocycles. The molecule has 0 amide bonds. The Morgan fingerprint density at radius 1 is 1.05 bits per heavy atom. The maximum absolute atomic E-state index is 10.9. The van der Waals surface area contributed by atoms with Crippen LogP contribution in [0.4, 0.5) is 0 Å². The van der Waals surface area contributed by atoms with Gasteiger partial charge in [0.2, 0.25) is 0 Å². The van der Waals surface area contributed by atoms with E-state index >= 15 is 0 Å². The lowest BCUT2D eigenvalue weighted by molar-refractivity contribution is -0.0693. The topological polar surface area (TPSA) is 38.1 Å². The van der Waals surface area contributed by atoms with Gasteiger partial charge in [0.15, 0.2) is 0 Å². The first kappa shape index (κ1) is 12.0. The van der Waals surface area contributed by atoms with E-state index in [-0.39, 0.29) is 12.1 Å². The second-order valence-corrected chi connectivity index (χ2v) is 6.96. The average Bonchev–Trinajstić information content (AvgIpc) is 3.10. The molecule has 3 fully saturated rings. The van der Waals surface area contributed by atoms with Crippen LogP contribution in [0.1, 0.15) is 37.3 Å². The molecule has 0 saturated heterocycles. The number of fused-ring (bicyclic) bond motifs is 6. The highest BCUT2D eigenvalue weighted by Crippen LogP contribution is 2.54. The van der Waals surface area contributed by atoms with Gasteiger partial charge in [0.05, 0.1) is 30.4 Å². The molecule has 21 heavy (non-hydrogen) atoms. The molecule has 0 spiro atoms. The lowest BCUT2D eigenvalue weighted by Gasteiger charge is -2.49. The van der Waals surface area contributed by atoms with E-state index in [2.05, 4.69) is 33.8 Å². The predicted molar refractivity (Wildman–Crippen MR) is 80.7 cm³/mol. The number of hydrogen-bond donors (Lipinski definition) is 1. The molecule has 1 aromatic heterocycles. The number of aliphatic hydroxyl groups excluding tert-OH is 1. The summed E-state index contributed by atoms with van der Waals surface area (Å²) in [6.07, 6.45) is 8.77. The number of hydrogen-bond acceptors (Lipinski definition) is 2. The van der Waals surface area contributed by atoms with Crippen LogP contribution in [0.25, 0.3) is 11.3 Å². The number of aromatic nitrogens is 2. The van der Waals surface area contributed by atoms with Gasteiger partial charge in [-0.2, -0.15) is 0 Å². The summed E-state index contributed by atoms with van der Waals surface area (Å²) in [6, 6.07) is 8.93. The van der Waals surface area contributed by atoms with Crippen molar-refractivity contribution < 1.29 is 5.11 Å². The van der Waals surface area contributed by atoms with E-state index in [1.165, 1.54) is 42.5 Å². The molecule has 3 heteroatoms. The number of rotatable bonds is 1. The SMILES string of the molecule is O[C@@H]1C2CCC(CC2)[C@@H]1[C@@H]1c2ccccc2-c2cncn21. The first-order chi connectivity index (χ1) is 10.3. The van der Waals surface area contributed by atoms with Crippen LogP contribution in [-0.2, 0) is 0 Å². The van der Waals surface area contributed by atoms with Crippen LogP contribution in [0.15, 0.2) is 36.8 Å². The molecular formula is C18H20N2O. The molecule has 2 heterocycles. The fourth-order valence-corrected chi connectivity index (χ4v) is 5.17. The molecular weight excluding hydrogens is 260 g/mol. The van der Waals surface area contributed by atoms with Gasteiger partial charge in [-0.05, 0) is 43.1 Å². The van der Waals surface area contributed by atoms with Crippen LogP contribution < -0.4 is 0 Å². The Morgan fingerprint density at radius 2 is 1.81 bits per heavy atom. The summed E-state index contributed by atoms with van der Waals surface area (Å²) >= 11 is 0. The molecule has 2 bridgehead atoms. The van der Waals surface area contributed by atoms with E-state index in [1.54, 1.807) is 0 Å². The van der Waals surface area contributed by atoms with E-state index in [9.17, 15) is 5.11 Å². The van der Waals surface area contributed by atoms with Gasteiger partial charge in [-0.15, -0.1) is 0 Å². The quantitative estimate of drug-likeness (QED) is 0.870. The van der Waals surface area contributed by atoms with Gasteiger partial charge in [-0.1, -0.05) is 24.3 Å². The summed E-state index contributed by atoms with van der Waals surface area (Å²) in [5.41, 5.74) is 3.89. The zero-order valence-electron chi connectivity index (χ0n) is 12.0. The van der Waals surface area contributed by atoms with Gasteiger partial charge < -0.3 is 9.67 Å². The summed E-state index contributed by atoms with van der Waals surface area (Å²) < 4.78 is 2.30. The molecule has 1 aromatic carbocycles. The monoisotopic (exact) mass is 280 g/mol. The molecule has 3 aliphatic carbocycles. The fourth-order valence-electron chi connectivity index (χ4n) is 5.17. The van der Waals surface area contributed by atoms with Crippen LogP contribution >= 0.6 is 0 Å². The number of imidazole rings is 1. The minimum atomic E-state index is -0.149. The second kappa shape index (κ2) is 4.20. The van der Waals surface area contributed by atoms with Crippen LogP contribution in [0.5, 0.6) is 0 Å². The molecule has 108 valence electrons. The fraction of sp³-hybridized carbons (Fsp3) is 0.500. The van der Waals surface area contributed by atoms with Crippen molar-refractivity contribution in [3.63, 3.8) is 0 Å². The van der Waals surface area contributed by atoms with Crippen molar-refractivity contribution in [3.05, 3.63) is 42.4 Å². The smallest absolute Gasteiger partial charge is 0.0956 e. The second-order valence-electron chi connectivity index (χ2n) is 6.96. The van der Waals surface area contributed by atoms with Crippen LogP contribution in [-0.4, -0.2) is 20.8 Å². The van der Waals surface area contributed by atoms with Crippen molar-refractivity contribution in [1.29, 1.82) is 0 Å². The Morgan fingerprint density at radius 3 is 2.62 bits per heavy atom. The molecule has 1 N–H and O–H groups in total. The third-order valence-corrected chi connectivity index (χ3v) is 6.12. The first-order valence-corrected chi connectivity index (χ1v) is 8.14. The van der Waals surface area contributed by atoms with Crippen LogP contribution in [0.3, 0.4) is 0 Å². The molecule has 4 aliphatic rings. The lowest BCUT2D eigenvalue weighted by Crippen LogP contribution is -2.47. The Labute approximate surface area is 124 Å². The number of aliphatic hydroxyl groups is 1. The highest BCUT2D eigenvalue weighted by atomic mass is 16.3. The highest BCUT2D eigenvalue weighted by molar-refractivity contribution is 5.69. The van der Waals surface area contributed by atoms with Gasteiger partial charge >= 0.3 is 0 Å². The Balaban J connectivity index is 1.67. The van der Waals surface area contributed by atoms with Crippen molar-refractivity contribution in [2.45, 2.75) is 37.8 Å². The predicted octanol–water partition coefficient (Wildman–Crippen LogP) is 3.25. The molecule has 0 radical (unpaired) electrons. The number of nitrogens with zero attached hydrogens (tertiary/aromatic N) is 2. The minimum Gasteiger partial charge on any atom is -0.392 e. The highest BCUT2D eigenvalue weighted by Gasteiger charge is 2.49. The molecule has 3 nitrogen and oxygen atoms in total. The Kier molecular flexibility index (Phi) is 2.40. The van der Waals surface area contributed by atoms with E-state index in [1.807, 2.05) is 12.5 Å². The van der Waals surface area contributed by atoms with Gasteiger partial charge in [0, 0.05) is 11.5 Å². The van der Waals surface area contributed by atoms with Gasteiger partial charge in [0.25, 0.3) is 0 Å². The third kappa shape index (κ3) is 1.50. The lowest BCUT2D eigenvalue weighted by atomic mass is 9.60. The van der Waals surface area contributed by atoms with Crippen molar-refractivity contribution in [2.24, 2.45) is 17.8 Å². The van der Waals surface area contributed by atoms with Gasteiger partial charge in [-0.25, -0.2) is 4.98 Å². The summed E-state index contributed by atoms with van der Waals surface area (Å²) in [6.45, 7) is 0. The van der Waals surface area contributed by atoms with Crippen molar-refractivity contribution in [2.75, 3.05) is 0 Å². The minimum absolute atomic E-state index is 0.149. The largest absolute Gasteiger partial charge is 0.392 e. The summed E-state index contributed by atoms with van der Waals surface area (Å²) in [4.78, 5) is 4.36. The Bertz CT molecular complexity index is 682. The van der Waals surface area contributed by atoms with E-state index in [0.29, 0.717) is 17.8 Å². The third-order valence-electron chi connectivity index (χ3n) is 6.12. The van der Waals surface area contributed by atoms with Gasteiger partial charge in [0.1, 0.15) is 0 Å². The summed E-state index contributed by atoms with van der Waals surface area (Å²) in [7, 11) is 0. The van der Waals surface area contributed by atoms with Crippen molar-refractivity contribution in [3.8, 4) is 11.3 Å². The van der Waals surface area contributed by atoms with E-state index in [0.717, 1.165) is 0 Å². The maximum atomic E-state index is 10.9. The zero-order chi connectivity index (χ0) is 14.0. The standard InChI is InChI=1S/C18H20N2O/c21-18-12-7-5-11(6-8-12)16(18)17-14-4-2-1-3-13(14)15-9-19-10-20(15)17/h1-4,9-12,16-18,21H,5-8H2/t11?,12?,16-,17+,18-/m1/s1. The van der Waals surface area contributed by atoms with Gasteiger partial charge in [-0.3, -0.25) is 0 Å².